The zero-order valence-electron chi connectivity index (χ0n) is 7.12. The third-order valence-corrected chi connectivity index (χ3v) is 4.23. The Morgan fingerprint density at radius 3 is 2.86 bits per heavy atom. The van der Waals surface area contributed by atoms with Crippen LogP contribution in [0.25, 0.3) is 10.1 Å². The zero-order chi connectivity index (χ0) is 10.1. The highest BCUT2D eigenvalue weighted by atomic mass is 127. The monoisotopic (exact) mass is 315 g/mol. The summed E-state index contributed by atoms with van der Waals surface area (Å²) in [6.45, 7) is 0.0453. The maximum absolute atomic E-state index is 9.02. The van der Waals surface area contributed by atoms with E-state index in [0.29, 0.717) is 4.88 Å². The van der Waals surface area contributed by atoms with Crippen LogP contribution in [0.3, 0.4) is 0 Å². The van der Waals surface area contributed by atoms with E-state index in [1.807, 2.05) is 18.2 Å². The topological polar surface area (TPSA) is 44.0 Å². The van der Waals surface area contributed by atoms with Crippen molar-refractivity contribution >= 4 is 44.0 Å². The lowest BCUT2D eigenvalue weighted by Crippen LogP contribution is -1.83. The van der Waals surface area contributed by atoms with Crippen LogP contribution in [-0.2, 0) is 6.61 Å². The van der Waals surface area contributed by atoms with E-state index >= 15 is 0 Å². The Morgan fingerprint density at radius 2 is 2.21 bits per heavy atom. The maximum Gasteiger partial charge on any atom is 0.110 e. The first-order valence-corrected chi connectivity index (χ1v) is 5.87. The first kappa shape index (κ1) is 9.90. The van der Waals surface area contributed by atoms with Gasteiger partial charge in [0.15, 0.2) is 0 Å². The van der Waals surface area contributed by atoms with Gasteiger partial charge in [-0.15, -0.1) is 11.3 Å². The molecule has 0 fully saturated rings. The molecule has 0 amide bonds. The molecule has 1 N–H and O–H groups in total. The van der Waals surface area contributed by atoms with Gasteiger partial charge in [-0.2, -0.15) is 5.26 Å². The number of fused-ring (bicyclic) bond motifs is 1. The molecular weight excluding hydrogens is 309 g/mol. The van der Waals surface area contributed by atoms with Gasteiger partial charge in [0.2, 0.25) is 0 Å². The Bertz CT molecular complexity index is 527. The fraction of sp³-hybridized carbons (Fsp3) is 0.100. The Morgan fingerprint density at radius 1 is 1.43 bits per heavy atom. The number of nitriles is 1. The molecule has 2 nitrogen and oxygen atoms in total. The molecule has 2 rings (SSSR count). The number of hydrogen-bond donors (Lipinski definition) is 1. The third-order valence-electron chi connectivity index (χ3n) is 1.92. The quantitative estimate of drug-likeness (QED) is 0.823. The number of rotatable bonds is 1. The number of hydrogen-bond acceptors (Lipinski definition) is 3. The van der Waals surface area contributed by atoms with Gasteiger partial charge >= 0.3 is 0 Å². The van der Waals surface area contributed by atoms with E-state index in [2.05, 4.69) is 28.7 Å². The molecule has 1 heterocycles. The van der Waals surface area contributed by atoms with Crippen molar-refractivity contribution < 1.29 is 5.11 Å². The van der Waals surface area contributed by atoms with Crippen molar-refractivity contribution in [2.24, 2.45) is 0 Å². The van der Waals surface area contributed by atoms with Gasteiger partial charge in [-0.05, 0) is 51.7 Å². The van der Waals surface area contributed by atoms with Gasteiger partial charge in [0.05, 0.1) is 6.61 Å². The highest BCUT2D eigenvalue weighted by Gasteiger charge is 2.06. The summed E-state index contributed by atoms with van der Waals surface area (Å²) in [5, 5.41) is 18.8. The molecule has 4 heteroatoms. The summed E-state index contributed by atoms with van der Waals surface area (Å²) in [5.74, 6) is 0. The Hall–Kier alpha value is -0.640. The second-order valence-electron chi connectivity index (χ2n) is 2.88. The molecule has 1 aromatic heterocycles. The van der Waals surface area contributed by atoms with E-state index in [0.717, 1.165) is 19.2 Å². The molecule has 1 aromatic carbocycles. The molecule has 0 spiro atoms. The van der Waals surface area contributed by atoms with E-state index in [-0.39, 0.29) is 6.61 Å². The summed E-state index contributed by atoms with van der Waals surface area (Å²) < 4.78 is 2.22. The largest absolute Gasteiger partial charge is 0.392 e. The molecule has 0 radical (unpaired) electrons. The minimum atomic E-state index is 0.0453. The number of benzene rings is 1. The molecule has 0 saturated carbocycles. The minimum absolute atomic E-state index is 0.0453. The van der Waals surface area contributed by atoms with Crippen molar-refractivity contribution in [3.63, 3.8) is 0 Å². The summed E-state index contributed by atoms with van der Waals surface area (Å²) in [5.41, 5.74) is 0.893. The van der Waals surface area contributed by atoms with Gasteiger partial charge in [0.25, 0.3) is 0 Å². The standard InChI is InChI=1S/C10H6INOS/c11-9-2-6(5-13)1-7-3-8(4-12)14-10(7)9/h1-3,13H,5H2. The predicted octanol–water partition coefficient (Wildman–Crippen LogP) is 2.87. The summed E-state index contributed by atoms with van der Waals surface area (Å²) in [6, 6.07) is 7.87. The second-order valence-corrected chi connectivity index (χ2v) is 5.09. The first-order chi connectivity index (χ1) is 6.74. The fourth-order valence-corrected chi connectivity index (χ4v) is 3.20. The SMILES string of the molecule is N#Cc1cc2cc(CO)cc(I)c2s1. The van der Waals surface area contributed by atoms with Crippen LogP contribution in [0.15, 0.2) is 18.2 Å². The lowest BCUT2D eigenvalue weighted by atomic mass is 10.2. The zero-order valence-corrected chi connectivity index (χ0v) is 10.1. The molecule has 0 aliphatic carbocycles. The Balaban J connectivity index is 2.75. The molecule has 2 aromatic rings. The van der Waals surface area contributed by atoms with E-state index in [9.17, 15) is 0 Å². The average Bonchev–Trinajstić information content (AvgIpc) is 2.61. The highest BCUT2D eigenvalue weighted by Crippen LogP contribution is 2.30. The van der Waals surface area contributed by atoms with Gasteiger partial charge < -0.3 is 5.11 Å². The number of aliphatic hydroxyl groups excluding tert-OH is 1. The van der Waals surface area contributed by atoms with E-state index < -0.39 is 0 Å². The number of nitrogens with zero attached hydrogens (tertiary/aromatic N) is 1. The highest BCUT2D eigenvalue weighted by molar-refractivity contribution is 14.1. The molecule has 0 saturated heterocycles. The maximum atomic E-state index is 9.02. The van der Waals surface area contributed by atoms with Crippen LogP contribution in [-0.4, -0.2) is 5.11 Å². The van der Waals surface area contributed by atoms with Gasteiger partial charge in [0, 0.05) is 8.27 Å². The van der Waals surface area contributed by atoms with E-state index in [1.54, 1.807) is 0 Å². The molecule has 0 aliphatic rings. The van der Waals surface area contributed by atoms with Crippen LogP contribution in [0.5, 0.6) is 0 Å². The van der Waals surface area contributed by atoms with Crippen molar-refractivity contribution in [3.05, 3.63) is 32.2 Å². The molecule has 0 atom stereocenters. The Kier molecular flexibility index (Phi) is 2.72. The third kappa shape index (κ3) is 1.63. The molecule has 70 valence electrons. The lowest BCUT2D eigenvalue weighted by Gasteiger charge is -1.98. The average molecular weight is 315 g/mol. The van der Waals surface area contributed by atoms with Crippen LogP contribution < -0.4 is 0 Å². The summed E-state index contributed by atoms with van der Waals surface area (Å²) in [6.07, 6.45) is 0. The fourth-order valence-electron chi connectivity index (χ4n) is 1.32. The van der Waals surface area contributed by atoms with Crippen LogP contribution >= 0.6 is 33.9 Å². The summed E-state index contributed by atoms with van der Waals surface area (Å²) in [4.78, 5) is 0.716. The Labute approximate surface area is 98.9 Å². The minimum Gasteiger partial charge on any atom is -0.392 e. The molecule has 0 aliphatic heterocycles. The predicted molar refractivity (Wildman–Crippen MR) is 65.2 cm³/mol. The van der Waals surface area contributed by atoms with Gasteiger partial charge in [-0.25, -0.2) is 0 Å². The van der Waals surface area contributed by atoms with Crippen LogP contribution in [0.2, 0.25) is 0 Å². The van der Waals surface area contributed by atoms with Crippen molar-refractivity contribution in [1.82, 2.24) is 0 Å². The van der Waals surface area contributed by atoms with Crippen LogP contribution in [0.1, 0.15) is 10.4 Å². The van der Waals surface area contributed by atoms with E-state index in [1.165, 1.54) is 11.3 Å². The normalized spacial score (nSPS) is 10.4. The van der Waals surface area contributed by atoms with Crippen LogP contribution in [0.4, 0.5) is 0 Å². The molecular formula is C10H6INOS. The number of thiophene rings is 1. The van der Waals surface area contributed by atoms with Crippen molar-refractivity contribution in [3.8, 4) is 6.07 Å². The van der Waals surface area contributed by atoms with Crippen molar-refractivity contribution in [2.45, 2.75) is 6.61 Å². The van der Waals surface area contributed by atoms with Gasteiger partial charge in [-0.3, -0.25) is 0 Å². The molecule has 0 bridgehead atoms. The smallest absolute Gasteiger partial charge is 0.110 e. The first-order valence-electron chi connectivity index (χ1n) is 3.97. The molecule has 0 unspecified atom stereocenters. The number of aliphatic hydroxyl groups is 1. The summed E-state index contributed by atoms with van der Waals surface area (Å²) in [7, 11) is 0. The lowest BCUT2D eigenvalue weighted by molar-refractivity contribution is 0.282. The van der Waals surface area contributed by atoms with Crippen LogP contribution in [0, 0.1) is 14.9 Å². The van der Waals surface area contributed by atoms with E-state index in [4.69, 9.17) is 10.4 Å². The molecule has 14 heavy (non-hydrogen) atoms. The van der Waals surface area contributed by atoms with Gasteiger partial charge in [0.1, 0.15) is 10.9 Å². The summed E-state index contributed by atoms with van der Waals surface area (Å²) >= 11 is 3.72. The van der Waals surface area contributed by atoms with Gasteiger partial charge in [-0.1, -0.05) is 0 Å². The number of halogens is 1. The van der Waals surface area contributed by atoms with Crippen molar-refractivity contribution in [1.29, 1.82) is 5.26 Å². The second kappa shape index (κ2) is 3.85. The van der Waals surface area contributed by atoms with Crippen molar-refractivity contribution in [2.75, 3.05) is 0 Å².